The molecule has 4 nitrogen and oxygen atoms in total. The fraction of sp³-hybridized carbons (Fsp3) is 0.933. The van der Waals surface area contributed by atoms with Crippen molar-refractivity contribution in [1.82, 2.24) is 9.80 Å². The van der Waals surface area contributed by atoms with Crippen molar-refractivity contribution in [2.75, 3.05) is 32.8 Å². The highest BCUT2D eigenvalue weighted by Crippen LogP contribution is 2.16. The normalized spacial score (nSPS) is 20.3. The molecule has 1 unspecified atom stereocenters. The molecule has 1 atom stereocenters. The first kappa shape index (κ1) is 16.4. The number of carbonyl (C=O) groups is 1. The minimum atomic E-state index is 0.125. The zero-order valence-corrected chi connectivity index (χ0v) is 12.8. The third kappa shape index (κ3) is 5.11. The number of amides is 1. The Bertz CT molecular complexity index is 267. The number of likely N-dealkylation sites (tertiary alicyclic amines) is 1. The van der Waals surface area contributed by atoms with Gasteiger partial charge in [-0.25, -0.2) is 0 Å². The maximum Gasteiger partial charge on any atom is 0.236 e. The number of carbonyl (C=O) groups excluding carboxylic acids is 1. The minimum Gasteiger partial charge on any atom is -0.395 e. The Labute approximate surface area is 117 Å². The van der Waals surface area contributed by atoms with Gasteiger partial charge in [0.25, 0.3) is 0 Å². The van der Waals surface area contributed by atoms with E-state index in [0.717, 1.165) is 32.4 Å². The number of piperidine rings is 1. The highest BCUT2D eigenvalue weighted by atomic mass is 16.3. The van der Waals surface area contributed by atoms with E-state index in [1.165, 1.54) is 6.42 Å². The molecular weight excluding hydrogens is 240 g/mol. The van der Waals surface area contributed by atoms with Gasteiger partial charge in [0, 0.05) is 25.7 Å². The van der Waals surface area contributed by atoms with E-state index in [-0.39, 0.29) is 12.5 Å². The predicted octanol–water partition coefficient (Wildman–Crippen LogP) is 1.73. The van der Waals surface area contributed by atoms with E-state index in [9.17, 15) is 9.90 Å². The maximum absolute atomic E-state index is 12.4. The van der Waals surface area contributed by atoms with E-state index >= 15 is 0 Å². The van der Waals surface area contributed by atoms with Crippen molar-refractivity contribution in [2.45, 2.75) is 52.5 Å². The fourth-order valence-corrected chi connectivity index (χ4v) is 3.01. The van der Waals surface area contributed by atoms with Gasteiger partial charge in [-0.15, -0.1) is 0 Å². The summed E-state index contributed by atoms with van der Waals surface area (Å²) >= 11 is 0. The standard InChI is InChI=1S/C15H30N2O2/c1-4-14(5-2)16(9-10-18)12-15(19)17-8-6-7-13(3)11-17/h13-14,18H,4-12H2,1-3H3. The van der Waals surface area contributed by atoms with Crippen molar-refractivity contribution in [1.29, 1.82) is 0 Å². The zero-order valence-electron chi connectivity index (χ0n) is 12.8. The summed E-state index contributed by atoms with van der Waals surface area (Å²) in [6, 6.07) is 0.401. The molecular formula is C15H30N2O2. The van der Waals surface area contributed by atoms with Crippen molar-refractivity contribution in [2.24, 2.45) is 5.92 Å². The lowest BCUT2D eigenvalue weighted by molar-refractivity contribution is -0.134. The van der Waals surface area contributed by atoms with E-state index < -0.39 is 0 Å². The lowest BCUT2D eigenvalue weighted by Gasteiger charge is -2.35. The van der Waals surface area contributed by atoms with Gasteiger partial charge < -0.3 is 10.0 Å². The van der Waals surface area contributed by atoms with Crippen LogP contribution in [0.2, 0.25) is 0 Å². The Hall–Kier alpha value is -0.610. The van der Waals surface area contributed by atoms with Crippen LogP contribution in [0.25, 0.3) is 0 Å². The molecule has 1 heterocycles. The molecule has 1 fully saturated rings. The average molecular weight is 270 g/mol. The number of aliphatic hydroxyl groups is 1. The topological polar surface area (TPSA) is 43.8 Å². The fourth-order valence-electron chi connectivity index (χ4n) is 3.01. The minimum absolute atomic E-state index is 0.125. The molecule has 0 bridgehead atoms. The van der Waals surface area contributed by atoms with E-state index in [0.29, 0.717) is 25.0 Å². The predicted molar refractivity (Wildman–Crippen MR) is 78.0 cm³/mol. The molecule has 4 heteroatoms. The number of rotatable bonds is 7. The Kier molecular flexibility index (Phi) is 7.39. The molecule has 1 rings (SSSR count). The molecule has 0 aromatic carbocycles. The smallest absolute Gasteiger partial charge is 0.236 e. The molecule has 19 heavy (non-hydrogen) atoms. The molecule has 0 aromatic rings. The molecule has 1 aliphatic rings. The number of hydrogen-bond donors (Lipinski definition) is 1. The summed E-state index contributed by atoms with van der Waals surface area (Å²) < 4.78 is 0. The molecule has 0 saturated carbocycles. The first-order valence-electron chi connectivity index (χ1n) is 7.75. The third-order valence-electron chi connectivity index (χ3n) is 4.19. The third-order valence-corrected chi connectivity index (χ3v) is 4.19. The second-order valence-electron chi connectivity index (χ2n) is 5.75. The van der Waals surface area contributed by atoms with Gasteiger partial charge in [0.2, 0.25) is 5.91 Å². The second-order valence-corrected chi connectivity index (χ2v) is 5.75. The summed E-state index contributed by atoms with van der Waals surface area (Å²) in [5.41, 5.74) is 0. The van der Waals surface area contributed by atoms with Gasteiger partial charge in [-0.05, 0) is 31.6 Å². The largest absolute Gasteiger partial charge is 0.395 e. The SMILES string of the molecule is CCC(CC)N(CCO)CC(=O)N1CCCC(C)C1. The van der Waals surface area contributed by atoms with Crippen LogP contribution in [0.3, 0.4) is 0 Å². The molecule has 0 aliphatic carbocycles. The zero-order chi connectivity index (χ0) is 14.3. The van der Waals surface area contributed by atoms with E-state index in [1.54, 1.807) is 0 Å². The summed E-state index contributed by atoms with van der Waals surface area (Å²) in [6.07, 6.45) is 4.41. The molecule has 1 amide bonds. The highest BCUT2D eigenvalue weighted by Gasteiger charge is 2.24. The quantitative estimate of drug-likeness (QED) is 0.766. The van der Waals surface area contributed by atoms with Crippen LogP contribution in [0.15, 0.2) is 0 Å². The Morgan fingerprint density at radius 2 is 2.11 bits per heavy atom. The van der Waals surface area contributed by atoms with Crippen molar-refractivity contribution < 1.29 is 9.90 Å². The van der Waals surface area contributed by atoms with Gasteiger partial charge in [0.05, 0.1) is 13.2 Å². The van der Waals surface area contributed by atoms with E-state index in [2.05, 4.69) is 25.7 Å². The van der Waals surface area contributed by atoms with Gasteiger partial charge in [-0.3, -0.25) is 9.69 Å². The van der Waals surface area contributed by atoms with Crippen molar-refractivity contribution >= 4 is 5.91 Å². The molecule has 0 spiro atoms. The number of aliphatic hydroxyl groups excluding tert-OH is 1. The summed E-state index contributed by atoms with van der Waals surface area (Å²) in [6.45, 7) is 9.48. The van der Waals surface area contributed by atoms with Crippen LogP contribution < -0.4 is 0 Å². The molecule has 0 aromatic heterocycles. The van der Waals surface area contributed by atoms with Crippen LogP contribution in [-0.4, -0.2) is 59.6 Å². The second kappa shape index (κ2) is 8.54. The van der Waals surface area contributed by atoms with Crippen molar-refractivity contribution in [3.05, 3.63) is 0 Å². The van der Waals surface area contributed by atoms with Crippen LogP contribution in [0, 0.1) is 5.92 Å². The van der Waals surface area contributed by atoms with Gasteiger partial charge in [0.1, 0.15) is 0 Å². The monoisotopic (exact) mass is 270 g/mol. The summed E-state index contributed by atoms with van der Waals surface area (Å²) in [5, 5.41) is 9.18. The maximum atomic E-state index is 12.4. The lowest BCUT2D eigenvalue weighted by Crippen LogP contribution is -2.48. The van der Waals surface area contributed by atoms with Gasteiger partial charge >= 0.3 is 0 Å². The van der Waals surface area contributed by atoms with Gasteiger partial charge in [0.15, 0.2) is 0 Å². The summed E-state index contributed by atoms with van der Waals surface area (Å²) in [4.78, 5) is 16.5. The van der Waals surface area contributed by atoms with Gasteiger partial charge in [-0.1, -0.05) is 20.8 Å². The molecule has 112 valence electrons. The van der Waals surface area contributed by atoms with Crippen LogP contribution in [0.1, 0.15) is 46.5 Å². The molecule has 1 saturated heterocycles. The Balaban J connectivity index is 2.54. The van der Waals surface area contributed by atoms with E-state index in [1.807, 2.05) is 4.90 Å². The van der Waals surface area contributed by atoms with E-state index in [4.69, 9.17) is 0 Å². The van der Waals surface area contributed by atoms with Crippen molar-refractivity contribution in [3.8, 4) is 0 Å². The van der Waals surface area contributed by atoms with Crippen LogP contribution in [0.5, 0.6) is 0 Å². The molecule has 1 N–H and O–H groups in total. The first-order valence-corrected chi connectivity index (χ1v) is 7.75. The van der Waals surface area contributed by atoms with Gasteiger partial charge in [-0.2, -0.15) is 0 Å². The number of hydrogen-bond acceptors (Lipinski definition) is 3. The Morgan fingerprint density at radius 3 is 2.63 bits per heavy atom. The lowest BCUT2D eigenvalue weighted by atomic mass is 10.0. The van der Waals surface area contributed by atoms with Crippen molar-refractivity contribution in [3.63, 3.8) is 0 Å². The average Bonchev–Trinajstić information content (AvgIpc) is 2.40. The highest BCUT2D eigenvalue weighted by molar-refractivity contribution is 5.78. The summed E-state index contributed by atoms with van der Waals surface area (Å²) in [5.74, 6) is 0.851. The first-order chi connectivity index (χ1) is 9.12. The van der Waals surface area contributed by atoms with Crippen LogP contribution in [-0.2, 0) is 4.79 Å². The molecule has 0 radical (unpaired) electrons. The van der Waals surface area contributed by atoms with Crippen LogP contribution >= 0.6 is 0 Å². The Morgan fingerprint density at radius 1 is 1.42 bits per heavy atom. The van der Waals surface area contributed by atoms with Crippen LogP contribution in [0.4, 0.5) is 0 Å². The molecule has 1 aliphatic heterocycles. The summed E-state index contributed by atoms with van der Waals surface area (Å²) in [7, 11) is 0. The number of nitrogens with zero attached hydrogens (tertiary/aromatic N) is 2.